The maximum atomic E-state index is 12.8. The number of anilines is 1. The molecule has 0 bridgehead atoms. The van der Waals surface area contributed by atoms with Crippen LogP contribution in [0.2, 0.25) is 0 Å². The zero-order valence-electron chi connectivity index (χ0n) is 10.5. The Morgan fingerprint density at radius 1 is 0.905 bits per heavy atom. The number of rotatable bonds is 1. The Balaban J connectivity index is 2.16. The van der Waals surface area contributed by atoms with E-state index < -0.39 is 23.4 Å². The number of fused-ring (bicyclic) bond motifs is 1. The van der Waals surface area contributed by atoms with Gasteiger partial charge in [0.2, 0.25) is 0 Å². The second-order valence-corrected chi connectivity index (χ2v) is 4.59. The number of benzene rings is 2. The van der Waals surface area contributed by atoms with Crippen molar-refractivity contribution in [2.24, 2.45) is 0 Å². The third kappa shape index (κ3) is 2.18. The summed E-state index contributed by atoms with van der Waals surface area (Å²) in [4.78, 5) is 23.0. The van der Waals surface area contributed by atoms with E-state index in [0.717, 1.165) is 12.1 Å². The Morgan fingerprint density at radius 2 is 1.57 bits per heavy atom. The molecule has 0 saturated carbocycles. The molecule has 0 unspecified atom stereocenters. The van der Waals surface area contributed by atoms with Crippen molar-refractivity contribution >= 4 is 17.4 Å². The molecule has 3 rings (SSSR count). The maximum absolute atomic E-state index is 12.8. The molecule has 0 fully saturated rings. The molecule has 0 spiro atoms. The molecule has 3 nitrogen and oxygen atoms in total. The lowest BCUT2D eigenvalue weighted by atomic mass is 9.98. The number of halogens is 3. The van der Waals surface area contributed by atoms with Crippen molar-refractivity contribution in [3.05, 3.63) is 53.6 Å². The van der Waals surface area contributed by atoms with Crippen LogP contribution in [0.3, 0.4) is 0 Å². The lowest BCUT2D eigenvalue weighted by Gasteiger charge is -2.11. The fourth-order valence-corrected chi connectivity index (χ4v) is 2.27. The van der Waals surface area contributed by atoms with Crippen molar-refractivity contribution in [3.63, 3.8) is 0 Å². The number of hydrogen-bond acceptors (Lipinski definition) is 2. The maximum Gasteiger partial charge on any atom is 0.416 e. The largest absolute Gasteiger partial charge is 0.416 e. The number of carbonyl (C=O) groups is 2. The summed E-state index contributed by atoms with van der Waals surface area (Å²) in [7, 11) is 0. The first-order valence-electron chi connectivity index (χ1n) is 6.04. The summed E-state index contributed by atoms with van der Waals surface area (Å²) in [6.07, 6.45) is -4.45. The number of carbonyl (C=O) groups excluding carboxylic acids is 2. The first kappa shape index (κ1) is 13.4. The van der Waals surface area contributed by atoms with Gasteiger partial charge in [-0.2, -0.15) is 13.2 Å². The van der Waals surface area contributed by atoms with Gasteiger partial charge < -0.3 is 5.32 Å². The van der Waals surface area contributed by atoms with Crippen LogP contribution in [-0.4, -0.2) is 11.7 Å². The highest BCUT2D eigenvalue weighted by molar-refractivity contribution is 6.52. The average molecular weight is 291 g/mol. The molecule has 1 aliphatic rings. The van der Waals surface area contributed by atoms with Crippen LogP contribution in [0, 0.1) is 0 Å². The van der Waals surface area contributed by atoms with E-state index in [-0.39, 0.29) is 16.8 Å². The summed E-state index contributed by atoms with van der Waals surface area (Å²) in [5.41, 5.74) is 0.324. The third-order valence-electron chi connectivity index (χ3n) is 3.25. The van der Waals surface area contributed by atoms with E-state index in [0.29, 0.717) is 5.56 Å². The summed E-state index contributed by atoms with van der Waals surface area (Å²) < 4.78 is 38.3. The van der Waals surface area contributed by atoms with Gasteiger partial charge in [-0.25, -0.2) is 0 Å². The van der Waals surface area contributed by atoms with Gasteiger partial charge >= 0.3 is 6.18 Å². The Hall–Kier alpha value is -2.63. The molecule has 0 aromatic heterocycles. The number of Topliss-reactive ketones (excluding diaryl/α,β-unsaturated/α-hetero) is 1. The average Bonchev–Trinajstić information content (AvgIpc) is 2.74. The van der Waals surface area contributed by atoms with E-state index in [1.807, 2.05) is 0 Å². The molecule has 0 aliphatic carbocycles. The van der Waals surface area contributed by atoms with Crippen LogP contribution in [0.25, 0.3) is 11.1 Å². The molecule has 1 aliphatic heterocycles. The van der Waals surface area contributed by atoms with E-state index in [1.165, 1.54) is 24.3 Å². The summed E-state index contributed by atoms with van der Waals surface area (Å²) in [5.74, 6) is -1.46. The standard InChI is InChI=1S/C15H8F3NO2/c16-15(17,18)9-4-1-3-8(7-9)10-5-2-6-11-12(10)19-14(21)13(11)20/h1-7H,(H,19,20,21). The number of para-hydroxylation sites is 1. The lowest BCUT2D eigenvalue weighted by molar-refractivity contribution is -0.137. The minimum Gasteiger partial charge on any atom is -0.318 e. The highest BCUT2D eigenvalue weighted by Crippen LogP contribution is 2.37. The molecule has 0 radical (unpaired) electrons. The molecule has 1 N–H and O–H groups in total. The van der Waals surface area contributed by atoms with Gasteiger partial charge in [-0.1, -0.05) is 24.3 Å². The fraction of sp³-hybridized carbons (Fsp3) is 0.0667. The molecular weight excluding hydrogens is 283 g/mol. The van der Waals surface area contributed by atoms with Gasteiger partial charge in [-0.3, -0.25) is 9.59 Å². The van der Waals surface area contributed by atoms with Gasteiger partial charge in [0.25, 0.3) is 11.7 Å². The summed E-state index contributed by atoms with van der Waals surface area (Å²) in [5, 5.41) is 2.40. The first-order chi connectivity index (χ1) is 9.88. The molecule has 106 valence electrons. The van der Waals surface area contributed by atoms with Crippen LogP contribution >= 0.6 is 0 Å². The molecule has 1 heterocycles. The van der Waals surface area contributed by atoms with E-state index >= 15 is 0 Å². The monoisotopic (exact) mass is 291 g/mol. The second kappa shape index (κ2) is 4.44. The smallest absolute Gasteiger partial charge is 0.318 e. The zero-order chi connectivity index (χ0) is 15.2. The Kier molecular flexibility index (Phi) is 2.83. The Morgan fingerprint density at radius 3 is 2.29 bits per heavy atom. The van der Waals surface area contributed by atoms with Gasteiger partial charge in [0.05, 0.1) is 16.8 Å². The molecule has 1 amide bonds. The normalized spacial score (nSPS) is 14.0. The van der Waals surface area contributed by atoms with Crippen LogP contribution in [-0.2, 0) is 11.0 Å². The van der Waals surface area contributed by atoms with Gasteiger partial charge in [0, 0.05) is 5.56 Å². The SMILES string of the molecule is O=C1Nc2c(cccc2-c2cccc(C(F)(F)F)c2)C1=O. The van der Waals surface area contributed by atoms with E-state index in [1.54, 1.807) is 6.07 Å². The van der Waals surface area contributed by atoms with Crippen molar-refractivity contribution in [2.75, 3.05) is 5.32 Å². The van der Waals surface area contributed by atoms with Crippen molar-refractivity contribution in [1.82, 2.24) is 0 Å². The molecule has 0 atom stereocenters. The van der Waals surface area contributed by atoms with Crippen LogP contribution < -0.4 is 5.32 Å². The van der Waals surface area contributed by atoms with Crippen LogP contribution in [0.4, 0.5) is 18.9 Å². The van der Waals surface area contributed by atoms with Gasteiger partial charge in [0.15, 0.2) is 0 Å². The topological polar surface area (TPSA) is 46.2 Å². The lowest BCUT2D eigenvalue weighted by Crippen LogP contribution is -2.12. The van der Waals surface area contributed by atoms with Crippen LogP contribution in [0.15, 0.2) is 42.5 Å². The second-order valence-electron chi connectivity index (χ2n) is 4.59. The minimum absolute atomic E-state index is 0.176. The number of alkyl halides is 3. The van der Waals surface area contributed by atoms with Crippen molar-refractivity contribution in [1.29, 1.82) is 0 Å². The summed E-state index contributed by atoms with van der Waals surface area (Å²) in [6.45, 7) is 0. The Labute approximate surface area is 117 Å². The molecule has 2 aromatic rings. The van der Waals surface area contributed by atoms with Crippen molar-refractivity contribution in [2.45, 2.75) is 6.18 Å². The quantitative estimate of drug-likeness (QED) is 0.817. The zero-order valence-corrected chi connectivity index (χ0v) is 10.5. The highest BCUT2D eigenvalue weighted by atomic mass is 19.4. The van der Waals surface area contributed by atoms with Crippen LogP contribution in [0.5, 0.6) is 0 Å². The van der Waals surface area contributed by atoms with Crippen molar-refractivity contribution < 1.29 is 22.8 Å². The predicted octanol–water partition coefficient (Wildman–Crippen LogP) is 3.51. The minimum atomic E-state index is -4.45. The van der Waals surface area contributed by atoms with Gasteiger partial charge in [-0.05, 0) is 23.8 Å². The van der Waals surface area contributed by atoms with Gasteiger partial charge in [-0.15, -0.1) is 0 Å². The highest BCUT2D eigenvalue weighted by Gasteiger charge is 2.32. The van der Waals surface area contributed by atoms with E-state index in [9.17, 15) is 22.8 Å². The molecule has 6 heteroatoms. The summed E-state index contributed by atoms with van der Waals surface area (Å²) in [6, 6.07) is 9.31. The fourth-order valence-electron chi connectivity index (χ4n) is 2.27. The van der Waals surface area contributed by atoms with Crippen LogP contribution in [0.1, 0.15) is 15.9 Å². The van der Waals surface area contributed by atoms with Crippen molar-refractivity contribution in [3.8, 4) is 11.1 Å². The molecule has 0 saturated heterocycles. The number of nitrogens with one attached hydrogen (secondary N) is 1. The number of amides is 1. The molecule has 21 heavy (non-hydrogen) atoms. The number of hydrogen-bond donors (Lipinski definition) is 1. The molecular formula is C15H8F3NO2. The van der Waals surface area contributed by atoms with Gasteiger partial charge in [0.1, 0.15) is 0 Å². The first-order valence-corrected chi connectivity index (χ1v) is 6.04. The van der Waals surface area contributed by atoms with E-state index in [2.05, 4.69) is 5.32 Å². The Bertz CT molecular complexity index is 766. The molecule has 2 aromatic carbocycles. The predicted molar refractivity (Wildman–Crippen MR) is 69.8 cm³/mol. The third-order valence-corrected chi connectivity index (χ3v) is 3.25. The van der Waals surface area contributed by atoms with E-state index in [4.69, 9.17) is 0 Å². The number of ketones is 1. The summed E-state index contributed by atoms with van der Waals surface area (Å²) >= 11 is 0.